The maximum absolute atomic E-state index is 3.99. The van der Waals surface area contributed by atoms with Crippen LogP contribution in [0.25, 0.3) is 0 Å². The summed E-state index contributed by atoms with van der Waals surface area (Å²) in [4.78, 5) is 3.99. The molecule has 1 rings (SSSR count). The number of anilines is 1. The molecule has 0 radical (unpaired) electrons. The molecule has 0 atom stereocenters. The summed E-state index contributed by atoms with van der Waals surface area (Å²) in [5, 5.41) is 3.16. The lowest BCUT2D eigenvalue weighted by atomic mass is 10.4. The molecule has 1 aromatic rings. The highest BCUT2D eigenvalue weighted by Crippen LogP contribution is 2.12. The van der Waals surface area contributed by atoms with Gasteiger partial charge in [0.1, 0.15) is 0 Å². The Morgan fingerprint density at radius 2 is 2.40 bits per heavy atom. The lowest BCUT2D eigenvalue weighted by Gasteiger charge is -2.00. The Bertz CT molecular complexity index is 213. The zero-order chi connectivity index (χ0) is 7.40. The maximum atomic E-state index is 3.99. The molecule has 0 aliphatic carbocycles. The number of halogens is 1. The minimum Gasteiger partial charge on any atom is -0.384 e. The molecule has 0 saturated heterocycles. The monoisotopic (exact) mass is 200 g/mol. The first-order valence-electron chi connectivity index (χ1n) is 3.17. The van der Waals surface area contributed by atoms with Crippen molar-refractivity contribution in [2.45, 2.75) is 6.92 Å². The zero-order valence-electron chi connectivity index (χ0n) is 5.76. The molecule has 1 heterocycles. The highest BCUT2D eigenvalue weighted by atomic mass is 79.9. The number of rotatable bonds is 2. The first-order chi connectivity index (χ1) is 4.83. The van der Waals surface area contributed by atoms with Gasteiger partial charge >= 0.3 is 0 Å². The number of hydrogen-bond donors (Lipinski definition) is 1. The van der Waals surface area contributed by atoms with Crippen LogP contribution in [0.3, 0.4) is 0 Å². The maximum Gasteiger partial charge on any atom is 0.0537 e. The molecule has 0 unspecified atom stereocenters. The molecule has 0 aliphatic rings. The Kier molecular flexibility index (Phi) is 2.68. The van der Waals surface area contributed by atoms with Crippen molar-refractivity contribution in [3.8, 4) is 0 Å². The minimum absolute atomic E-state index is 0.929. The lowest BCUT2D eigenvalue weighted by Crippen LogP contribution is -1.96. The standard InChI is InChI=1S/C7H9BrN2/c1-2-10-7-3-6(8)4-9-5-7/h3-5,10H,2H2,1H3. The van der Waals surface area contributed by atoms with E-state index in [1.165, 1.54) is 0 Å². The molecule has 0 aliphatic heterocycles. The Balaban J connectivity index is 2.75. The molecular weight excluding hydrogens is 192 g/mol. The molecule has 1 aromatic heterocycles. The number of nitrogens with zero attached hydrogens (tertiary/aromatic N) is 1. The van der Waals surface area contributed by atoms with E-state index >= 15 is 0 Å². The van der Waals surface area contributed by atoms with Gasteiger partial charge in [0.15, 0.2) is 0 Å². The quantitative estimate of drug-likeness (QED) is 0.793. The number of nitrogens with one attached hydrogen (secondary N) is 1. The van der Waals surface area contributed by atoms with E-state index < -0.39 is 0 Å². The van der Waals surface area contributed by atoms with Crippen LogP contribution >= 0.6 is 15.9 Å². The van der Waals surface area contributed by atoms with E-state index in [1.54, 1.807) is 12.4 Å². The molecule has 2 nitrogen and oxygen atoms in total. The van der Waals surface area contributed by atoms with Crippen LogP contribution < -0.4 is 5.32 Å². The van der Waals surface area contributed by atoms with Crippen molar-refractivity contribution in [1.82, 2.24) is 4.98 Å². The van der Waals surface area contributed by atoms with Crippen LogP contribution in [0.5, 0.6) is 0 Å². The van der Waals surface area contributed by atoms with Crippen LogP contribution in [0.15, 0.2) is 22.9 Å². The van der Waals surface area contributed by atoms with Crippen molar-refractivity contribution in [1.29, 1.82) is 0 Å². The van der Waals surface area contributed by atoms with Gasteiger partial charge in [-0.3, -0.25) is 4.98 Å². The third kappa shape index (κ3) is 1.99. The summed E-state index contributed by atoms with van der Waals surface area (Å²) in [6, 6.07) is 2.00. The Morgan fingerprint density at radius 3 is 3.00 bits per heavy atom. The van der Waals surface area contributed by atoms with E-state index in [-0.39, 0.29) is 0 Å². The van der Waals surface area contributed by atoms with Gasteiger partial charge in [-0.1, -0.05) is 0 Å². The van der Waals surface area contributed by atoms with Gasteiger partial charge in [-0.2, -0.15) is 0 Å². The van der Waals surface area contributed by atoms with Crippen LogP contribution in [0.1, 0.15) is 6.92 Å². The fraction of sp³-hybridized carbons (Fsp3) is 0.286. The van der Waals surface area contributed by atoms with E-state index in [0.717, 1.165) is 16.7 Å². The SMILES string of the molecule is CCNc1cncc(Br)c1. The van der Waals surface area contributed by atoms with Crippen LogP contribution in [0, 0.1) is 0 Å². The summed E-state index contributed by atoms with van der Waals surface area (Å²) in [6.07, 6.45) is 3.56. The Labute approximate surface area is 68.8 Å². The third-order valence-corrected chi connectivity index (χ3v) is 1.52. The van der Waals surface area contributed by atoms with E-state index in [9.17, 15) is 0 Å². The molecule has 1 N–H and O–H groups in total. The third-order valence-electron chi connectivity index (χ3n) is 1.09. The highest BCUT2D eigenvalue weighted by Gasteiger charge is 1.89. The van der Waals surface area contributed by atoms with Crippen molar-refractivity contribution < 1.29 is 0 Å². The molecule has 54 valence electrons. The van der Waals surface area contributed by atoms with Gasteiger partial charge in [-0.05, 0) is 28.9 Å². The first kappa shape index (κ1) is 7.54. The van der Waals surface area contributed by atoms with E-state index in [2.05, 4.69) is 33.2 Å². The molecule has 0 spiro atoms. The van der Waals surface area contributed by atoms with Crippen molar-refractivity contribution >= 4 is 21.6 Å². The van der Waals surface area contributed by atoms with Crippen LogP contribution in [0.2, 0.25) is 0 Å². The summed E-state index contributed by atoms with van der Waals surface area (Å²) in [5.74, 6) is 0. The summed E-state index contributed by atoms with van der Waals surface area (Å²) >= 11 is 3.33. The summed E-state index contributed by atoms with van der Waals surface area (Å²) in [7, 11) is 0. The predicted molar refractivity (Wildman–Crippen MR) is 46.1 cm³/mol. The molecule has 0 saturated carbocycles. The van der Waals surface area contributed by atoms with E-state index in [4.69, 9.17) is 0 Å². The second-order valence-corrected chi connectivity index (χ2v) is 2.84. The van der Waals surface area contributed by atoms with E-state index in [0.29, 0.717) is 0 Å². The summed E-state index contributed by atoms with van der Waals surface area (Å²) < 4.78 is 1.01. The number of hydrogen-bond acceptors (Lipinski definition) is 2. The van der Waals surface area contributed by atoms with Crippen molar-refractivity contribution in [2.75, 3.05) is 11.9 Å². The first-order valence-corrected chi connectivity index (χ1v) is 3.96. The molecule has 10 heavy (non-hydrogen) atoms. The van der Waals surface area contributed by atoms with Crippen molar-refractivity contribution in [3.05, 3.63) is 22.9 Å². The predicted octanol–water partition coefficient (Wildman–Crippen LogP) is 2.28. The topological polar surface area (TPSA) is 24.9 Å². The largest absolute Gasteiger partial charge is 0.384 e. The molecule has 0 fully saturated rings. The van der Waals surface area contributed by atoms with E-state index in [1.807, 2.05) is 6.07 Å². The van der Waals surface area contributed by atoms with Gasteiger partial charge in [0.25, 0.3) is 0 Å². The van der Waals surface area contributed by atoms with Crippen molar-refractivity contribution in [3.63, 3.8) is 0 Å². The fourth-order valence-electron chi connectivity index (χ4n) is 0.713. The molecule has 0 bridgehead atoms. The second kappa shape index (κ2) is 3.56. The van der Waals surface area contributed by atoms with Gasteiger partial charge in [-0.25, -0.2) is 0 Å². The summed E-state index contributed by atoms with van der Waals surface area (Å²) in [5.41, 5.74) is 1.05. The second-order valence-electron chi connectivity index (χ2n) is 1.92. The smallest absolute Gasteiger partial charge is 0.0537 e. The molecule has 0 amide bonds. The lowest BCUT2D eigenvalue weighted by molar-refractivity contribution is 1.19. The Morgan fingerprint density at radius 1 is 1.60 bits per heavy atom. The van der Waals surface area contributed by atoms with Gasteiger partial charge in [-0.15, -0.1) is 0 Å². The average Bonchev–Trinajstić information content (AvgIpc) is 1.88. The normalized spacial score (nSPS) is 9.40. The number of pyridine rings is 1. The molecule has 0 aromatic carbocycles. The van der Waals surface area contributed by atoms with Crippen molar-refractivity contribution in [2.24, 2.45) is 0 Å². The fourth-order valence-corrected chi connectivity index (χ4v) is 1.08. The van der Waals surface area contributed by atoms with Gasteiger partial charge in [0.2, 0.25) is 0 Å². The summed E-state index contributed by atoms with van der Waals surface area (Å²) in [6.45, 7) is 2.99. The minimum atomic E-state index is 0.929. The number of aromatic nitrogens is 1. The highest BCUT2D eigenvalue weighted by molar-refractivity contribution is 9.10. The Hall–Kier alpha value is -0.570. The zero-order valence-corrected chi connectivity index (χ0v) is 7.35. The van der Waals surface area contributed by atoms with Crippen LogP contribution in [0.4, 0.5) is 5.69 Å². The average molecular weight is 201 g/mol. The van der Waals surface area contributed by atoms with Crippen LogP contribution in [-0.2, 0) is 0 Å². The van der Waals surface area contributed by atoms with Gasteiger partial charge in [0.05, 0.1) is 11.9 Å². The van der Waals surface area contributed by atoms with Gasteiger partial charge in [0, 0.05) is 17.2 Å². The van der Waals surface area contributed by atoms with Gasteiger partial charge < -0.3 is 5.32 Å². The van der Waals surface area contributed by atoms with Crippen LogP contribution in [-0.4, -0.2) is 11.5 Å². The molecule has 3 heteroatoms. The molecular formula is C7H9BrN2.